The monoisotopic (exact) mass is 198 g/mol. The Morgan fingerprint density at radius 2 is 2.50 bits per heavy atom. The Morgan fingerprint density at radius 1 is 1.71 bits per heavy atom. The normalized spacial score (nSPS) is 23.7. The molecule has 0 amide bonds. The summed E-state index contributed by atoms with van der Waals surface area (Å²) in [5.41, 5.74) is 4.08. The van der Waals surface area contributed by atoms with E-state index in [0.29, 0.717) is 12.1 Å². The average Bonchev–Trinajstić information content (AvgIpc) is 2.64. The van der Waals surface area contributed by atoms with E-state index in [9.17, 15) is 0 Å². The predicted octanol–water partition coefficient (Wildman–Crippen LogP) is 1.74. The van der Waals surface area contributed by atoms with E-state index in [0.717, 1.165) is 25.9 Å². The molecule has 1 aliphatic heterocycles. The van der Waals surface area contributed by atoms with Crippen LogP contribution in [0.2, 0.25) is 0 Å². The van der Waals surface area contributed by atoms with E-state index in [4.69, 9.17) is 10.6 Å². The molecule has 1 heterocycles. The first-order chi connectivity index (χ1) is 6.72. The van der Waals surface area contributed by atoms with Crippen molar-refractivity contribution in [3.63, 3.8) is 0 Å². The number of nitrogens with two attached hydrogens (primary N) is 1. The summed E-state index contributed by atoms with van der Waals surface area (Å²) in [6.45, 7) is 6.87. The van der Waals surface area contributed by atoms with Crippen molar-refractivity contribution in [3.8, 4) is 0 Å². The minimum Gasteiger partial charge on any atom is -0.378 e. The molecule has 2 atom stereocenters. The van der Waals surface area contributed by atoms with Gasteiger partial charge in [-0.1, -0.05) is 5.57 Å². The summed E-state index contributed by atoms with van der Waals surface area (Å²) < 4.78 is 5.57. The SMILES string of the molecule is C=C(C)CCC(CC1CCCO1)NN. The second-order valence-corrected chi connectivity index (χ2v) is 4.23. The fraction of sp³-hybridized carbons (Fsp3) is 0.818. The van der Waals surface area contributed by atoms with Crippen molar-refractivity contribution in [1.82, 2.24) is 5.43 Å². The molecule has 1 saturated heterocycles. The van der Waals surface area contributed by atoms with Gasteiger partial charge in [-0.25, -0.2) is 0 Å². The Balaban J connectivity index is 2.19. The third kappa shape index (κ3) is 4.22. The topological polar surface area (TPSA) is 47.3 Å². The summed E-state index contributed by atoms with van der Waals surface area (Å²) in [5, 5.41) is 0. The van der Waals surface area contributed by atoms with Gasteiger partial charge in [0.05, 0.1) is 6.10 Å². The molecule has 0 spiro atoms. The van der Waals surface area contributed by atoms with E-state index >= 15 is 0 Å². The number of hydrogen-bond donors (Lipinski definition) is 2. The Morgan fingerprint density at radius 3 is 3.00 bits per heavy atom. The van der Waals surface area contributed by atoms with Crippen LogP contribution in [0, 0.1) is 0 Å². The van der Waals surface area contributed by atoms with Gasteiger partial charge < -0.3 is 4.74 Å². The first-order valence-corrected chi connectivity index (χ1v) is 5.44. The van der Waals surface area contributed by atoms with Crippen molar-refractivity contribution in [1.29, 1.82) is 0 Å². The first-order valence-electron chi connectivity index (χ1n) is 5.44. The molecule has 1 rings (SSSR count). The second-order valence-electron chi connectivity index (χ2n) is 4.23. The highest BCUT2D eigenvalue weighted by atomic mass is 16.5. The van der Waals surface area contributed by atoms with Crippen LogP contribution in [-0.4, -0.2) is 18.8 Å². The van der Waals surface area contributed by atoms with Gasteiger partial charge in [0.2, 0.25) is 0 Å². The predicted molar refractivity (Wildman–Crippen MR) is 58.8 cm³/mol. The van der Waals surface area contributed by atoms with E-state index in [2.05, 4.69) is 18.9 Å². The van der Waals surface area contributed by atoms with E-state index in [1.807, 2.05) is 0 Å². The van der Waals surface area contributed by atoms with Crippen LogP contribution in [0.5, 0.6) is 0 Å². The molecule has 1 aliphatic rings. The van der Waals surface area contributed by atoms with Gasteiger partial charge in [-0.3, -0.25) is 11.3 Å². The summed E-state index contributed by atoms with van der Waals surface area (Å²) in [4.78, 5) is 0. The minimum absolute atomic E-state index is 0.370. The molecule has 0 aromatic rings. The Hall–Kier alpha value is -0.380. The lowest BCUT2D eigenvalue weighted by Gasteiger charge is -2.19. The average molecular weight is 198 g/mol. The van der Waals surface area contributed by atoms with E-state index in [1.54, 1.807) is 0 Å². The largest absolute Gasteiger partial charge is 0.378 e. The number of rotatable bonds is 6. The van der Waals surface area contributed by atoms with Crippen molar-refractivity contribution >= 4 is 0 Å². The molecule has 0 saturated carbocycles. The fourth-order valence-corrected chi connectivity index (χ4v) is 1.84. The summed E-state index contributed by atoms with van der Waals surface area (Å²) in [5.74, 6) is 5.50. The van der Waals surface area contributed by atoms with Gasteiger partial charge in [-0.2, -0.15) is 0 Å². The van der Waals surface area contributed by atoms with Crippen molar-refractivity contribution in [2.75, 3.05) is 6.61 Å². The molecule has 3 nitrogen and oxygen atoms in total. The third-order valence-electron chi connectivity index (χ3n) is 2.73. The molecule has 3 N–H and O–H groups in total. The maximum atomic E-state index is 5.57. The highest BCUT2D eigenvalue weighted by Crippen LogP contribution is 2.19. The standard InChI is InChI=1S/C11H22N2O/c1-9(2)5-6-10(13-12)8-11-4-3-7-14-11/h10-11,13H,1,3-8,12H2,2H3. The minimum atomic E-state index is 0.370. The number of nitrogens with one attached hydrogen (secondary N) is 1. The summed E-state index contributed by atoms with van der Waals surface area (Å²) >= 11 is 0. The number of hydrazine groups is 1. The van der Waals surface area contributed by atoms with Gasteiger partial charge in [0, 0.05) is 12.6 Å². The lowest BCUT2D eigenvalue weighted by molar-refractivity contribution is 0.0936. The molecule has 0 aromatic heterocycles. The summed E-state index contributed by atoms with van der Waals surface area (Å²) in [6, 6.07) is 0.370. The maximum Gasteiger partial charge on any atom is 0.0591 e. The van der Waals surface area contributed by atoms with Gasteiger partial charge >= 0.3 is 0 Å². The van der Waals surface area contributed by atoms with Gasteiger partial charge in [0.1, 0.15) is 0 Å². The zero-order valence-electron chi connectivity index (χ0n) is 9.09. The molecule has 0 aliphatic carbocycles. The first kappa shape index (κ1) is 11.7. The molecule has 14 heavy (non-hydrogen) atoms. The van der Waals surface area contributed by atoms with Crippen LogP contribution in [0.25, 0.3) is 0 Å². The fourth-order valence-electron chi connectivity index (χ4n) is 1.84. The lowest BCUT2D eigenvalue weighted by Crippen LogP contribution is -2.37. The highest BCUT2D eigenvalue weighted by molar-refractivity contribution is 4.89. The van der Waals surface area contributed by atoms with Crippen molar-refractivity contribution in [3.05, 3.63) is 12.2 Å². The molecule has 0 radical (unpaired) electrons. The van der Waals surface area contributed by atoms with Gasteiger partial charge in [-0.05, 0) is 39.0 Å². The van der Waals surface area contributed by atoms with Gasteiger partial charge in [0.15, 0.2) is 0 Å². The smallest absolute Gasteiger partial charge is 0.0591 e. The maximum absolute atomic E-state index is 5.57. The molecule has 2 unspecified atom stereocenters. The number of allylic oxidation sites excluding steroid dienone is 1. The molecule has 82 valence electrons. The highest BCUT2D eigenvalue weighted by Gasteiger charge is 2.19. The number of hydrogen-bond acceptors (Lipinski definition) is 3. The quantitative estimate of drug-likeness (QED) is 0.388. The summed E-state index contributed by atoms with van der Waals surface area (Å²) in [7, 11) is 0. The van der Waals surface area contributed by atoms with Crippen molar-refractivity contribution in [2.24, 2.45) is 5.84 Å². The zero-order chi connectivity index (χ0) is 10.4. The molecular formula is C11H22N2O. The lowest BCUT2D eigenvalue weighted by atomic mass is 10.0. The molecule has 1 fully saturated rings. The van der Waals surface area contributed by atoms with Crippen LogP contribution in [-0.2, 0) is 4.74 Å². The van der Waals surface area contributed by atoms with Crippen LogP contribution in [0.3, 0.4) is 0 Å². The number of ether oxygens (including phenoxy) is 1. The van der Waals surface area contributed by atoms with E-state index in [-0.39, 0.29) is 0 Å². The summed E-state index contributed by atoms with van der Waals surface area (Å²) in [6.07, 6.45) is 5.94. The van der Waals surface area contributed by atoms with Crippen molar-refractivity contribution < 1.29 is 4.74 Å². The Labute approximate surface area is 86.7 Å². The van der Waals surface area contributed by atoms with Gasteiger partial charge in [-0.15, -0.1) is 6.58 Å². The molecule has 0 bridgehead atoms. The molecule has 0 aromatic carbocycles. The van der Waals surface area contributed by atoms with Crippen LogP contribution in [0.15, 0.2) is 12.2 Å². The molecule has 3 heteroatoms. The molecular weight excluding hydrogens is 176 g/mol. The van der Waals surface area contributed by atoms with Gasteiger partial charge in [0.25, 0.3) is 0 Å². The third-order valence-corrected chi connectivity index (χ3v) is 2.73. The second kappa shape index (κ2) is 6.17. The van der Waals surface area contributed by atoms with Crippen LogP contribution in [0.1, 0.15) is 39.0 Å². The zero-order valence-corrected chi connectivity index (χ0v) is 9.09. The van der Waals surface area contributed by atoms with Crippen LogP contribution >= 0.6 is 0 Å². The Kier molecular flexibility index (Phi) is 5.15. The Bertz CT molecular complexity index is 176. The van der Waals surface area contributed by atoms with Crippen LogP contribution < -0.4 is 11.3 Å². The van der Waals surface area contributed by atoms with E-state index < -0.39 is 0 Å². The van der Waals surface area contributed by atoms with Crippen LogP contribution in [0.4, 0.5) is 0 Å². The van der Waals surface area contributed by atoms with E-state index in [1.165, 1.54) is 18.4 Å². The van der Waals surface area contributed by atoms with Crippen molar-refractivity contribution in [2.45, 2.75) is 51.2 Å².